The van der Waals surface area contributed by atoms with Crippen molar-refractivity contribution < 1.29 is 22.3 Å². The minimum atomic E-state index is -1.60. The smallest absolute Gasteiger partial charge is 0.203 e. The maximum Gasteiger partial charge on any atom is 0.203 e. The molecule has 1 aromatic heterocycles. The second kappa shape index (κ2) is 5.74. The Balaban J connectivity index is 2.27. The van der Waals surface area contributed by atoms with Crippen molar-refractivity contribution in [3.63, 3.8) is 0 Å². The number of anilines is 1. The fraction of sp³-hybridized carbons (Fsp3) is 0.0833. The number of halogens is 4. The Morgan fingerprint density at radius 2 is 1.80 bits per heavy atom. The lowest BCUT2D eigenvalue weighted by Gasteiger charge is -2.11. The van der Waals surface area contributed by atoms with Crippen molar-refractivity contribution in [1.29, 1.82) is 0 Å². The molecule has 1 heterocycles. The van der Waals surface area contributed by atoms with E-state index in [-0.39, 0.29) is 18.5 Å². The molecule has 3 N–H and O–H groups in total. The van der Waals surface area contributed by atoms with Gasteiger partial charge in [0, 0.05) is 17.8 Å². The van der Waals surface area contributed by atoms with E-state index >= 15 is 0 Å². The lowest BCUT2D eigenvalue weighted by atomic mass is 10.2. The van der Waals surface area contributed by atoms with Gasteiger partial charge >= 0.3 is 0 Å². The molecule has 0 amide bonds. The lowest BCUT2D eigenvalue weighted by Crippen LogP contribution is -2.12. The Bertz CT molecular complexity index is 610. The summed E-state index contributed by atoms with van der Waals surface area (Å²) in [6, 6.07) is 3.17. The zero-order valence-electron chi connectivity index (χ0n) is 9.96. The van der Waals surface area contributed by atoms with Gasteiger partial charge in [0.05, 0.1) is 0 Å². The molecule has 0 spiro atoms. The van der Waals surface area contributed by atoms with Gasteiger partial charge in [-0.25, -0.2) is 19.6 Å². The van der Waals surface area contributed by atoms with Gasteiger partial charge < -0.3 is 10.2 Å². The number of nitrogens with zero attached hydrogens (tertiary/aromatic N) is 1. The number of nitrogen functional groups attached to an aromatic ring is 1. The molecule has 1 aromatic carbocycles. The number of nitrogens with one attached hydrogen (secondary N) is 1. The molecule has 4 nitrogen and oxygen atoms in total. The first kappa shape index (κ1) is 14.1. The molecule has 0 unspecified atom stereocenters. The van der Waals surface area contributed by atoms with E-state index in [2.05, 4.69) is 10.4 Å². The summed E-state index contributed by atoms with van der Waals surface area (Å²) < 4.78 is 57.5. The maximum absolute atomic E-state index is 13.4. The Kier molecular flexibility index (Phi) is 4.04. The van der Waals surface area contributed by atoms with Crippen LogP contribution in [0.5, 0.6) is 5.75 Å². The van der Waals surface area contributed by atoms with Crippen LogP contribution >= 0.6 is 0 Å². The van der Waals surface area contributed by atoms with Crippen LogP contribution in [0.15, 0.2) is 24.4 Å². The van der Waals surface area contributed by atoms with E-state index in [1.165, 1.54) is 12.3 Å². The standard InChI is InChI=1S/C12H9F4N3O/c13-7-4-8(14)10(16)11(9(7)15)20-5-6-2-1-3-18-12(6)19-17/h1-4H,5,17H2,(H,18,19). The molecule has 0 aliphatic carbocycles. The van der Waals surface area contributed by atoms with Gasteiger partial charge in [0.25, 0.3) is 0 Å². The van der Waals surface area contributed by atoms with Gasteiger partial charge in [-0.05, 0) is 6.07 Å². The molecule has 106 valence electrons. The van der Waals surface area contributed by atoms with E-state index in [9.17, 15) is 17.6 Å². The van der Waals surface area contributed by atoms with Crippen molar-refractivity contribution in [2.75, 3.05) is 5.43 Å². The fourth-order valence-electron chi connectivity index (χ4n) is 1.51. The molecule has 2 rings (SSSR count). The molecule has 2 aromatic rings. The van der Waals surface area contributed by atoms with Crippen LogP contribution in [-0.2, 0) is 6.61 Å². The van der Waals surface area contributed by atoms with E-state index in [0.717, 1.165) is 0 Å². The lowest BCUT2D eigenvalue weighted by molar-refractivity contribution is 0.262. The average Bonchev–Trinajstić information content (AvgIpc) is 2.45. The second-order valence-corrected chi connectivity index (χ2v) is 3.74. The first-order valence-corrected chi connectivity index (χ1v) is 5.41. The van der Waals surface area contributed by atoms with Crippen LogP contribution in [0.1, 0.15) is 5.56 Å². The Hall–Kier alpha value is -2.35. The normalized spacial score (nSPS) is 10.4. The predicted octanol–water partition coefficient (Wildman–Crippen LogP) is 2.50. The highest BCUT2D eigenvalue weighted by Gasteiger charge is 2.20. The third kappa shape index (κ3) is 2.64. The number of hydrazine groups is 1. The van der Waals surface area contributed by atoms with Gasteiger partial charge in [0.15, 0.2) is 17.4 Å². The van der Waals surface area contributed by atoms with Crippen molar-refractivity contribution in [2.24, 2.45) is 5.84 Å². The average molecular weight is 287 g/mol. The second-order valence-electron chi connectivity index (χ2n) is 3.74. The summed E-state index contributed by atoms with van der Waals surface area (Å²) in [5.74, 6) is -2.01. The van der Waals surface area contributed by atoms with E-state index in [4.69, 9.17) is 10.6 Å². The van der Waals surface area contributed by atoms with Crippen molar-refractivity contribution in [2.45, 2.75) is 6.61 Å². The van der Waals surface area contributed by atoms with Gasteiger partial charge in [0.2, 0.25) is 11.6 Å². The molecule has 0 radical (unpaired) electrons. The summed E-state index contributed by atoms with van der Waals surface area (Å²) in [6.45, 7) is -0.371. The molecule has 0 saturated carbocycles. The fourth-order valence-corrected chi connectivity index (χ4v) is 1.51. The summed E-state index contributed by atoms with van der Waals surface area (Å²) in [6.07, 6.45) is 1.43. The highest BCUT2D eigenvalue weighted by molar-refractivity contribution is 5.42. The zero-order valence-corrected chi connectivity index (χ0v) is 9.96. The van der Waals surface area contributed by atoms with E-state index < -0.39 is 29.0 Å². The summed E-state index contributed by atoms with van der Waals surface area (Å²) in [7, 11) is 0. The molecular formula is C12H9F4N3O. The molecule has 0 bridgehead atoms. The molecule has 20 heavy (non-hydrogen) atoms. The molecule has 8 heteroatoms. The molecule has 0 atom stereocenters. The predicted molar refractivity (Wildman–Crippen MR) is 62.7 cm³/mol. The minimum Gasteiger partial charge on any atom is -0.483 e. The number of hydrogen-bond acceptors (Lipinski definition) is 4. The molecule has 0 saturated heterocycles. The van der Waals surface area contributed by atoms with Crippen LogP contribution in [0.25, 0.3) is 0 Å². The third-order valence-electron chi connectivity index (χ3n) is 2.47. The number of hydrogen-bond donors (Lipinski definition) is 2. The van der Waals surface area contributed by atoms with Gasteiger partial charge in [-0.15, -0.1) is 0 Å². The van der Waals surface area contributed by atoms with Crippen molar-refractivity contribution in [3.05, 3.63) is 53.2 Å². The minimum absolute atomic E-state index is 0.106. The number of benzene rings is 1. The highest BCUT2D eigenvalue weighted by Crippen LogP contribution is 2.27. The van der Waals surface area contributed by atoms with Gasteiger partial charge in [-0.1, -0.05) is 6.07 Å². The number of nitrogens with two attached hydrogens (primary N) is 1. The van der Waals surface area contributed by atoms with E-state index in [1.54, 1.807) is 6.07 Å². The third-order valence-corrected chi connectivity index (χ3v) is 2.47. The first-order chi connectivity index (χ1) is 9.54. The van der Waals surface area contributed by atoms with E-state index in [0.29, 0.717) is 5.56 Å². The van der Waals surface area contributed by atoms with Crippen LogP contribution < -0.4 is 16.0 Å². The number of rotatable bonds is 4. The molecular weight excluding hydrogens is 278 g/mol. The number of pyridine rings is 1. The Morgan fingerprint density at radius 3 is 2.40 bits per heavy atom. The monoisotopic (exact) mass is 287 g/mol. The Labute approximate surface area is 111 Å². The van der Waals surface area contributed by atoms with Crippen molar-refractivity contribution in [1.82, 2.24) is 4.98 Å². The molecule has 0 aliphatic rings. The van der Waals surface area contributed by atoms with Crippen molar-refractivity contribution in [3.8, 4) is 5.75 Å². The van der Waals surface area contributed by atoms with Crippen LogP contribution in [0.2, 0.25) is 0 Å². The van der Waals surface area contributed by atoms with Gasteiger partial charge in [-0.3, -0.25) is 0 Å². The van der Waals surface area contributed by atoms with E-state index in [1.807, 2.05) is 0 Å². The van der Waals surface area contributed by atoms with Gasteiger partial charge in [0.1, 0.15) is 12.4 Å². The summed E-state index contributed by atoms with van der Waals surface area (Å²) in [4.78, 5) is 3.84. The Morgan fingerprint density at radius 1 is 1.15 bits per heavy atom. The molecule has 0 aliphatic heterocycles. The van der Waals surface area contributed by atoms with Crippen molar-refractivity contribution >= 4 is 5.82 Å². The summed E-state index contributed by atoms with van der Waals surface area (Å²) in [5, 5.41) is 0. The van der Waals surface area contributed by atoms with Crippen LogP contribution in [-0.4, -0.2) is 4.98 Å². The quantitative estimate of drug-likeness (QED) is 0.392. The first-order valence-electron chi connectivity index (χ1n) is 5.41. The van der Waals surface area contributed by atoms with Crippen LogP contribution in [0.3, 0.4) is 0 Å². The summed E-state index contributed by atoms with van der Waals surface area (Å²) >= 11 is 0. The van der Waals surface area contributed by atoms with Crippen LogP contribution in [0.4, 0.5) is 23.4 Å². The van der Waals surface area contributed by atoms with Gasteiger partial charge in [-0.2, -0.15) is 8.78 Å². The number of ether oxygens (including phenoxy) is 1. The highest BCUT2D eigenvalue weighted by atomic mass is 19.2. The van der Waals surface area contributed by atoms with Crippen LogP contribution in [0, 0.1) is 23.3 Å². The molecule has 0 fully saturated rings. The zero-order chi connectivity index (χ0) is 14.7. The maximum atomic E-state index is 13.4. The SMILES string of the molecule is NNc1ncccc1COc1c(F)c(F)cc(F)c1F. The summed E-state index contributed by atoms with van der Waals surface area (Å²) in [5.41, 5.74) is 2.62. The number of aromatic nitrogens is 1. The largest absolute Gasteiger partial charge is 0.483 e. The topological polar surface area (TPSA) is 60.2 Å².